The Kier molecular flexibility index (Phi) is 13.3. The number of rotatable bonds is 18. The van der Waals surface area contributed by atoms with Crippen molar-refractivity contribution in [1.29, 1.82) is 0 Å². The Labute approximate surface area is 313 Å². The quantitative estimate of drug-likeness (QED) is 0.1000. The van der Waals surface area contributed by atoms with Crippen molar-refractivity contribution in [3.8, 4) is 17.2 Å². The molecule has 0 radical (unpaired) electrons. The highest BCUT2D eigenvalue weighted by molar-refractivity contribution is 7.76. The number of carbonyl (C=O) groups is 2. The molecule has 52 heavy (non-hydrogen) atoms. The van der Waals surface area contributed by atoms with Gasteiger partial charge in [-0.1, -0.05) is 35.3 Å². The summed E-state index contributed by atoms with van der Waals surface area (Å²) in [4.78, 5) is 30.3. The number of hydrogen-bond donors (Lipinski definition) is 1. The molecule has 2 unspecified atom stereocenters. The lowest BCUT2D eigenvalue weighted by Gasteiger charge is -2.24. The smallest absolute Gasteiger partial charge is 0.387 e. The van der Waals surface area contributed by atoms with Crippen LogP contribution < -0.4 is 14.2 Å². The predicted octanol–water partition coefficient (Wildman–Crippen LogP) is 7.99. The fourth-order valence-electron chi connectivity index (χ4n) is 5.08. The maximum absolute atomic E-state index is 13.9. The topological polar surface area (TPSA) is 134 Å². The van der Waals surface area contributed by atoms with E-state index < -0.39 is 48.1 Å². The Balaban J connectivity index is 1.43. The molecule has 1 heterocycles. The van der Waals surface area contributed by atoms with Crippen molar-refractivity contribution >= 4 is 46.4 Å². The monoisotopic (exact) mass is 784 g/mol. The van der Waals surface area contributed by atoms with Crippen molar-refractivity contribution in [1.82, 2.24) is 9.29 Å². The molecule has 0 bridgehead atoms. The van der Waals surface area contributed by atoms with Crippen molar-refractivity contribution in [3.05, 3.63) is 81.1 Å². The summed E-state index contributed by atoms with van der Waals surface area (Å²) in [6, 6.07) is 8.81. The van der Waals surface area contributed by atoms with Gasteiger partial charge in [0, 0.05) is 30.9 Å². The summed E-state index contributed by atoms with van der Waals surface area (Å²) in [5.41, 5.74) is 0.587. The molecule has 1 aromatic heterocycles. The van der Waals surface area contributed by atoms with E-state index in [1.807, 2.05) is 0 Å². The van der Waals surface area contributed by atoms with Gasteiger partial charge in [-0.25, -0.2) is 9.00 Å². The van der Waals surface area contributed by atoms with Gasteiger partial charge in [0.25, 0.3) is 0 Å². The molecule has 0 amide bonds. The number of benzene rings is 2. The van der Waals surface area contributed by atoms with Gasteiger partial charge in [0.15, 0.2) is 11.5 Å². The number of carbonyl (C=O) groups excluding carboxylic acids is 2. The van der Waals surface area contributed by atoms with Gasteiger partial charge in [-0.3, -0.25) is 14.3 Å². The van der Waals surface area contributed by atoms with Crippen molar-refractivity contribution in [2.75, 3.05) is 19.8 Å². The van der Waals surface area contributed by atoms with E-state index >= 15 is 0 Å². The number of halogens is 4. The lowest BCUT2D eigenvalue weighted by molar-refractivity contribution is -0.155. The third-order valence-electron chi connectivity index (χ3n) is 8.09. The SMILES string of the molecule is CC(C)(C)OC(=O)CN(Cc1ccc(C(=O)OC(Cc2c(Cl)cncc2Cl)c2ccc(OC(F)F)c(OCC3CC3)c2)cc1OCC1CC1)S(=O)O. The molecule has 16 heteroatoms. The molecule has 5 rings (SSSR count). The van der Waals surface area contributed by atoms with Gasteiger partial charge < -0.3 is 23.7 Å². The van der Waals surface area contributed by atoms with Crippen molar-refractivity contribution in [3.63, 3.8) is 0 Å². The van der Waals surface area contributed by atoms with Gasteiger partial charge >= 0.3 is 18.6 Å². The Morgan fingerprint density at radius 2 is 1.60 bits per heavy atom. The van der Waals surface area contributed by atoms with E-state index in [1.165, 1.54) is 42.7 Å². The van der Waals surface area contributed by atoms with Crippen LogP contribution in [0.5, 0.6) is 17.2 Å². The highest BCUT2D eigenvalue weighted by Crippen LogP contribution is 2.38. The fourth-order valence-corrected chi connectivity index (χ4v) is 6.06. The molecule has 2 atom stereocenters. The van der Waals surface area contributed by atoms with Crippen molar-refractivity contribution in [2.24, 2.45) is 11.8 Å². The average molecular weight is 786 g/mol. The molecule has 2 aliphatic carbocycles. The second-order valence-electron chi connectivity index (χ2n) is 13.7. The third kappa shape index (κ3) is 12.0. The Morgan fingerprint density at radius 1 is 0.962 bits per heavy atom. The molecule has 2 fully saturated rings. The fraction of sp³-hybridized carbons (Fsp3) is 0.472. The zero-order chi connectivity index (χ0) is 37.6. The second-order valence-corrected chi connectivity index (χ2v) is 15.5. The van der Waals surface area contributed by atoms with E-state index in [1.54, 1.807) is 26.8 Å². The Bertz CT molecular complexity index is 1750. The van der Waals surface area contributed by atoms with Crippen LogP contribution in [0, 0.1) is 11.8 Å². The van der Waals surface area contributed by atoms with Crippen LogP contribution in [0.15, 0.2) is 48.8 Å². The maximum Gasteiger partial charge on any atom is 0.387 e. The van der Waals surface area contributed by atoms with E-state index in [0.717, 1.165) is 30.0 Å². The standard InChI is InChI=1S/C36H40Cl2F2N2O9S/c1-36(2,3)51-33(43)18-42(52(45)46)17-25-9-8-24(13-30(25)47-19-21-4-5-21)34(44)49-31(14-26-27(37)15-41-16-28(26)38)23-10-11-29(50-35(39)40)32(12-23)48-20-22-6-7-22/h8-13,15-16,21-22,31,35H,4-7,14,17-20H2,1-3H3,(H,45,46). The Morgan fingerprint density at radius 3 is 2.17 bits per heavy atom. The van der Waals surface area contributed by atoms with E-state index in [0.29, 0.717) is 41.7 Å². The first-order valence-electron chi connectivity index (χ1n) is 16.7. The molecule has 0 spiro atoms. The first-order chi connectivity index (χ1) is 24.6. The number of pyridine rings is 1. The first-order valence-corrected chi connectivity index (χ1v) is 18.5. The van der Waals surface area contributed by atoms with Gasteiger partial charge in [-0.15, -0.1) is 0 Å². The third-order valence-corrected chi connectivity index (χ3v) is 9.44. The van der Waals surface area contributed by atoms with Crippen LogP contribution in [0.2, 0.25) is 10.0 Å². The van der Waals surface area contributed by atoms with Crippen molar-refractivity contribution in [2.45, 2.75) is 77.7 Å². The Hall–Kier alpha value is -3.56. The second kappa shape index (κ2) is 17.5. The van der Waals surface area contributed by atoms with Gasteiger partial charge in [0.1, 0.15) is 24.0 Å². The number of nitrogens with zero attached hydrogens (tertiary/aromatic N) is 2. The van der Waals surface area contributed by atoms with Crippen LogP contribution in [0.4, 0.5) is 8.78 Å². The predicted molar refractivity (Wildman–Crippen MR) is 189 cm³/mol. The molecule has 0 aliphatic heterocycles. The molecule has 11 nitrogen and oxygen atoms in total. The average Bonchev–Trinajstić information content (AvgIpc) is 3.99. The lowest BCUT2D eigenvalue weighted by Crippen LogP contribution is -2.35. The van der Waals surface area contributed by atoms with E-state index in [2.05, 4.69) is 4.98 Å². The van der Waals surface area contributed by atoms with Gasteiger partial charge in [0.2, 0.25) is 11.3 Å². The minimum atomic E-state index is -3.08. The van der Waals surface area contributed by atoms with Crippen molar-refractivity contribution < 1.29 is 50.8 Å². The van der Waals surface area contributed by atoms with E-state index in [9.17, 15) is 27.1 Å². The normalized spacial score (nSPS) is 15.7. The summed E-state index contributed by atoms with van der Waals surface area (Å²) >= 11 is 10.4. The van der Waals surface area contributed by atoms with E-state index in [-0.39, 0.29) is 45.8 Å². The van der Waals surface area contributed by atoms with E-state index in [4.69, 9.17) is 46.9 Å². The largest absolute Gasteiger partial charge is 0.493 e. The van der Waals surface area contributed by atoms with Crippen LogP contribution in [-0.2, 0) is 38.5 Å². The molecule has 3 aromatic rings. The van der Waals surface area contributed by atoms with Crippen LogP contribution in [0.3, 0.4) is 0 Å². The molecule has 2 aliphatic rings. The highest BCUT2D eigenvalue weighted by Gasteiger charge is 2.29. The number of aromatic nitrogens is 1. The minimum absolute atomic E-state index is 0.00585. The van der Waals surface area contributed by atoms with Crippen LogP contribution in [0.25, 0.3) is 0 Å². The molecule has 0 saturated heterocycles. The van der Waals surface area contributed by atoms with Crippen LogP contribution in [0.1, 0.15) is 79.6 Å². The molecule has 2 saturated carbocycles. The molecular weight excluding hydrogens is 745 g/mol. The minimum Gasteiger partial charge on any atom is -0.493 e. The summed E-state index contributed by atoms with van der Waals surface area (Å²) < 4.78 is 77.8. The van der Waals surface area contributed by atoms with Gasteiger partial charge in [0.05, 0.1) is 28.8 Å². The molecular formula is C36H40Cl2F2N2O9S. The zero-order valence-electron chi connectivity index (χ0n) is 28.8. The number of hydrogen-bond acceptors (Lipinski definition) is 9. The van der Waals surface area contributed by atoms with Gasteiger partial charge in [-0.2, -0.15) is 13.1 Å². The summed E-state index contributed by atoms with van der Waals surface area (Å²) in [5.74, 6) is -0.642. The highest BCUT2D eigenvalue weighted by atomic mass is 35.5. The summed E-state index contributed by atoms with van der Waals surface area (Å²) in [7, 11) is 0. The van der Waals surface area contributed by atoms with Gasteiger partial charge in [-0.05, 0) is 93.7 Å². The van der Waals surface area contributed by atoms with Crippen LogP contribution in [-0.4, -0.2) is 62.0 Å². The summed E-state index contributed by atoms with van der Waals surface area (Å²) in [5, 5.41) is 0.461. The summed E-state index contributed by atoms with van der Waals surface area (Å²) in [6.07, 6.45) is 5.66. The molecule has 282 valence electrons. The number of esters is 2. The lowest BCUT2D eigenvalue weighted by atomic mass is 10.0. The number of alkyl halides is 2. The summed E-state index contributed by atoms with van der Waals surface area (Å²) in [6.45, 7) is 2.02. The maximum atomic E-state index is 13.9. The zero-order valence-corrected chi connectivity index (χ0v) is 31.1. The first kappa shape index (κ1) is 39.6. The molecule has 1 N–H and O–H groups in total. The van der Waals surface area contributed by atoms with Crippen LogP contribution >= 0.6 is 23.2 Å². The number of ether oxygens (including phenoxy) is 5. The molecule has 2 aromatic carbocycles.